The second-order valence-electron chi connectivity index (χ2n) is 4.81. The molecule has 2 unspecified atom stereocenters. The van der Waals surface area contributed by atoms with Gasteiger partial charge in [0.05, 0.1) is 6.54 Å². The Labute approximate surface area is 99.1 Å². The molecule has 1 aliphatic carbocycles. The largest absolute Gasteiger partial charge is 0.405 e. The summed E-state index contributed by atoms with van der Waals surface area (Å²) in [6, 6.07) is 0. The van der Waals surface area contributed by atoms with Gasteiger partial charge in [-0.05, 0) is 31.2 Å². The maximum Gasteiger partial charge on any atom is 0.405 e. The molecular formula is C11H19F3N2O. The van der Waals surface area contributed by atoms with Crippen LogP contribution in [0, 0.1) is 11.8 Å². The summed E-state index contributed by atoms with van der Waals surface area (Å²) in [7, 11) is 0. The summed E-state index contributed by atoms with van der Waals surface area (Å²) in [4.78, 5) is 11.1. The average molecular weight is 252 g/mol. The highest BCUT2D eigenvalue weighted by Crippen LogP contribution is 2.29. The molecule has 0 aromatic carbocycles. The van der Waals surface area contributed by atoms with E-state index in [4.69, 9.17) is 0 Å². The maximum absolute atomic E-state index is 11.8. The van der Waals surface area contributed by atoms with Crippen molar-refractivity contribution in [3.8, 4) is 0 Å². The van der Waals surface area contributed by atoms with Gasteiger partial charge in [-0.1, -0.05) is 13.3 Å². The van der Waals surface area contributed by atoms with Crippen molar-refractivity contribution in [3.05, 3.63) is 0 Å². The Morgan fingerprint density at radius 3 is 2.59 bits per heavy atom. The molecule has 0 radical (unpaired) electrons. The number of carbonyl (C=O) groups is 1. The van der Waals surface area contributed by atoms with Gasteiger partial charge in [0, 0.05) is 0 Å². The molecule has 0 bridgehead atoms. The van der Waals surface area contributed by atoms with Gasteiger partial charge in [0.1, 0.15) is 6.54 Å². The number of amides is 1. The van der Waals surface area contributed by atoms with Gasteiger partial charge < -0.3 is 10.6 Å². The smallest absolute Gasteiger partial charge is 0.346 e. The quantitative estimate of drug-likeness (QED) is 0.781. The van der Waals surface area contributed by atoms with Crippen LogP contribution in [0.5, 0.6) is 0 Å². The lowest BCUT2D eigenvalue weighted by atomic mass is 10.1. The number of carbonyl (C=O) groups excluding carboxylic acids is 1. The summed E-state index contributed by atoms with van der Waals surface area (Å²) in [5.74, 6) is 0.676. The lowest BCUT2D eigenvalue weighted by molar-refractivity contribution is -0.137. The van der Waals surface area contributed by atoms with Gasteiger partial charge in [0.15, 0.2) is 0 Å². The molecule has 1 saturated carbocycles. The van der Waals surface area contributed by atoms with Crippen LogP contribution in [-0.4, -0.2) is 31.7 Å². The molecule has 1 amide bonds. The molecule has 1 aliphatic rings. The number of hydrogen-bond donors (Lipinski definition) is 2. The SMILES string of the molecule is CC1CCC(CNCC(=O)NCC(F)(F)F)C1. The summed E-state index contributed by atoms with van der Waals surface area (Å²) >= 11 is 0. The fraction of sp³-hybridized carbons (Fsp3) is 0.909. The zero-order valence-electron chi connectivity index (χ0n) is 9.94. The van der Waals surface area contributed by atoms with Crippen LogP contribution in [0.2, 0.25) is 0 Å². The second kappa shape index (κ2) is 6.23. The standard InChI is InChI=1S/C11H19F3N2O/c1-8-2-3-9(4-8)5-15-6-10(17)16-7-11(12,13)14/h8-9,15H,2-7H2,1H3,(H,16,17). The molecule has 2 atom stereocenters. The molecule has 0 spiro atoms. The Balaban J connectivity index is 2.04. The van der Waals surface area contributed by atoms with Gasteiger partial charge in [-0.15, -0.1) is 0 Å². The summed E-state index contributed by atoms with van der Waals surface area (Å²) in [5, 5.41) is 4.73. The molecule has 0 aromatic heterocycles. The van der Waals surface area contributed by atoms with Crippen LogP contribution in [-0.2, 0) is 4.79 Å². The van der Waals surface area contributed by atoms with Crippen molar-refractivity contribution in [1.82, 2.24) is 10.6 Å². The van der Waals surface area contributed by atoms with Crippen molar-refractivity contribution >= 4 is 5.91 Å². The first-order valence-corrected chi connectivity index (χ1v) is 5.91. The predicted molar refractivity (Wildman–Crippen MR) is 58.4 cm³/mol. The van der Waals surface area contributed by atoms with E-state index in [9.17, 15) is 18.0 Å². The van der Waals surface area contributed by atoms with E-state index in [1.54, 1.807) is 0 Å². The van der Waals surface area contributed by atoms with Crippen molar-refractivity contribution in [3.63, 3.8) is 0 Å². The van der Waals surface area contributed by atoms with Gasteiger partial charge in [0.25, 0.3) is 0 Å². The topological polar surface area (TPSA) is 41.1 Å². The molecule has 3 nitrogen and oxygen atoms in total. The Hall–Kier alpha value is -0.780. The van der Waals surface area contributed by atoms with Gasteiger partial charge in [-0.2, -0.15) is 13.2 Å². The van der Waals surface area contributed by atoms with Crippen LogP contribution < -0.4 is 10.6 Å². The van der Waals surface area contributed by atoms with Crippen LogP contribution >= 0.6 is 0 Å². The number of nitrogens with one attached hydrogen (secondary N) is 2. The van der Waals surface area contributed by atoms with Crippen LogP contribution in [0.25, 0.3) is 0 Å². The minimum absolute atomic E-state index is 0.0407. The number of hydrogen-bond acceptors (Lipinski definition) is 2. The Morgan fingerprint density at radius 1 is 1.35 bits per heavy atom. The highest BCUT2D eigenvalue weighted by molar-refractivity contribution is 5.77. The third-order valence-electron chi connectivity index (χ3n) is 3.01. The summed E-state index contributed by atoms with van der Waals surface area (Å²) in [5.41, 5.74) is 0. The van der Waals surface area contributed by atoms with Crippen molar-refractivity contribution in [2.75, 3.05) is 19.6 Å². The van der Waals surface area contributed by atoms with E-state index in [-0.39, 0.29) is 6.54 Å². The van der Waals surface area contributed by atoms with Gasteiger partial charge >= 0.3 is 6.18 Å². The van der Waals surface area contributed by atoms with Gasteiger partial charge in [0.2, 0.25) is 5.91 Å². The number of halogens is 3. The Morgan fingerprint density at radius 2 is 2.06 bits per heavy atom. The zero-order chi connectivity index (χ0) is 12.9. The molecule has 0 aromatic rings. The molecule has 1 rings (SSSR count). The molecule has 17 heavy (non-hydrogen) atoms. The van der Waals surface area contributed by atoms with E-state index in [1.165, 1.54) is 6.42 Å². The van der Waals surface area contributed by atoms with E-state index in [0.29, 0.717) is 12.5 Å². The first-order valence-electron chi connectivity index (χ1n) is 5.91. The number of rotatable bonds is 5. The Kier molecular flexibility index (Phi) is 5.24. The predicted octanol–water partition coefficient (Wildman–Crippen LogP) is 1.69. The van der Waals surface area contributed by atoms with E-state index in [0.717, 1.165) is 18.8 Å². The second-order valence-corrected chi connectivity index (χ2v) is 4.81. The van der Waals surface area contributed by atoms with E-state index in [1.807, 2.05) is 5.32 Å². The lowest BCUT2D eigenvalue weighted by Crippen LogP contribution is -2.40. The minimum atomic E-state index is -4.34. The maximum atomic E-state index is 11.8. The molecule has 100 valence electrons. The van der Waals surface area contributed by atoms with Crippen molar-refractivity contribution < 1.29 is 18.0 Å². The van der Waals surface area contributed by atoms with Crippen molar-refractivity contribution in [2.24, 2.45) is 11.8 Å². The normalized spacial score (nSPS) is 24.9. The lowest BCUT2D eigenvalue weighted by Gasteiger charge is -2.12. The molecule has 0 aliphatic heterocycles. The van der Waals surface area contributed by atoms with Crippen LogP contribution in [0.15, 0.2) is 0 Å². The van der Waals surface area contributed by atoms with E-state index >= 15 is 0 Å². The molecule has 6 heteroatoms. The molecular weight excluding hydrogens is 233 g/mol. The monoisotopic (exact) mass is 252 g/mol. The first kappa shape index (κ1) is 14.3. The minimum Gasteiger partial charge on any atom is -0.346 e. The third-order valence-corrected chi connectivity index (χ3v) is 3.01. The van der Waals surface area contributed by atoms with E-state index < -0.39 is 18.6 Å². The molecule has 1 fully saturated rings. The van der Waals surface area contributed by atoms with Crippen LogP contribution in [0.3, 0.4) is 0 Å². The molecule has 2 N–H and O–H groups in total. The summed E-state index contributed by atoms with van der Waals surface area (Å²) < 4.78 is 35.4. The highest BCUT2D eigenvalue weighted by Gasteiger charge is 2.27. The summed E-state index contributed by atoms with van der Waals surface area (Å²) in [6.45, 7) is 1.61. The van der Waals surface area contributed by atoms with Gasteiger partial charge in [-0.25, -0.2) is 0 Å². The van der Waals surface area contributed by atoms with Crippen molar-refractivity contribution in [2.45, 2.75) is 32.4 Å². The Bertz CT molecular complexity index is 256. The average Bonchev–Trinajstić information content (AvgIpc) is 2.60. The summed E-state index contributed by atoms with van der Waals surface area (Å²) in [6.07, 6.45) is -0.862. The molecule has 0 heterocycles. The third kappa shape index (κ3) is 6.51. The first-order chi connectivity index (χ1) is 7.87. The number of alkyl halides is 3. The molecule has 0 saturated heterocycles. The van der Waals surface area contributed by atoms with Crippen molar-refractivity contribution in [1.29, 1.82) is 0 Å². The van der Waals surface area contributed by atoms with Crippen LogP contribution in [0.4, 0.5) is 13.2 Å². The zero-order valence-corrected chi connectivity index (χ0v) is 9.94. The fourth-order valence-corrected chi connectivity index (χ4v) is 2.16. The highest BCUT2D eigenvalue weighted by atomic mass is 19.4. The van der Waals surface area contributed by atoms with E-state index in [2.05, 4.69) is 12.2 Å². The fourth-order valence-electron chi connectivity index (χ4n) is 2.16. The van der Waals surface area contributed by atoms with Crippen LogP contribution in [0.1, 0.15) is 26.2 Å². The van der Waals surface area contributed by atoms with Gasteiger partial charge in [-0.3, -0.25) is 4.79 Å².